The van der Waals surface area contributed by atoms with E-state index in [0.29, 0.717) is 5.56 Å². The number of hydrogen-bond donors (Lipinski definition) is 2. The summed E-state index contributed by atoms with van der Waals surface area (Å²) >= 11 is 0. The van der Waals surface area contributed by atoms with Crippen LogP contribution in [0.4, 0.5) is 13.6 Å². The molecule has 0 aliphatic carbocycles. The standard InChI is InChI=1S/C21H25F2N3O4/c1-4-29-17-12-14(10-11-16(17)30-20(22)23)13-26(3)18(15-8-6-5-7-9-15)19(27)25-21(28)24-2/h5-12,18,20H,4,13H2,1-3H3,(H2,24,25,27,28). The van der Waals surface area contributed by atoms with Gasteiger partial charge in [0.1, 0.15) is 6.04 Å². The predicted molar refractivity (Wildman–Crippen MR) is 107 cm³/mol. The molecular formula is C21H25F2N3O4. The number of ether oxygens (including phenoxy) is 2. The first kappa shape index (κ1) is 23.1. The highest BCUT2D eigenvalue weighted by Gasteiger charge is 2.26. The lowest BCUT2D eigenvalue weighted by Gasteiger charge is -2.27. The Bertz CT molecular complexity index is 849. The number of rotatable bonds is 9. The maximum absolute atomic E-state index is 12.7. The molecule has 1 atom stereocenters. The maximum atomic E-state index is 12.7. The van der Waals surface area contributed by atoms with Crippen molar-refractivity contribution < 1.29 is 27.8 Å². The molecule has 30 heavy (non-hydrogen) atoms. The van der Waals surface area contributed by atoms with Gasteiger partial charge in [0, 0.05) is 13.6 Å². The van der Waals surface area contributed by atoms with Crippen LogP contribution in [0.5, 0.6) is 11.5 Å². The number of benzene rings is 2. The third-order valence-corrected chi connectivity index (χ3v) is 4.22. The summed E-state index contributed by atoms with van der Waals surface area (Å²) in [5.41, 5.74) is 1.42. The van der Waals surface area contributed by atoms with E-state index in [4.69, 9.17) is 4.74 Å². The van der Waals surface area contributed by atoms with E-state index in [1.54, 1.807) is 55.3 Å². The number of imide groups is 1. The molecule has 3 amide bonds. The number of carbonyl (C=O) groups excluding carboxylic acids is 2. The zero-order valence-corrected chi connectivity index (χ0v) is 17.0. The van der Waals surface area contributed by atoms with Crippen LogP contribution in [0.15, 0.2) is 48.5 Å². The van der Waals surface area contributed by atoms with E-state index in [1.165, 1.54) is 13.1 Å². The Morgan fingerprint density at radius 3 is 2.40 bits per heavy atom. The van der Waals surface area contributed by atoms with Gasteiger partial charge in [-0.05, 0) is 37.2 Å². The van der Waals surface area contributed by atoms with E-state index >= 15 is 0 Å². The Morgan fingerprint density at radius 1 is 1.10 bits per heavy atom. The van der Waals surface area contributed by atoms with E-state index in [-0.39, 0.29) is 24.7 Å². The highest BCUT2D eigenvalue weighted by Crippen LogP contribution is 2.31. The molecule has 2 aromatic rings. The molecule has 2 rings (SSSR count). The number of likely N-dealkylation sites (N-methyl/N-ethyl adjacent to an activating group) is 1. The summed E-state index contributed by atoms with van der Waals surface area (Å²) in [7, 11) is 3.15. The van der Waals surface area contributed by atoms with Crippen LogP contribution >= 0.6 is 0 Å². The number of alkyl halides is 2. The van der Waals surface area contributed by atoms with Crippen molar-refractivity contribution in [2.75, 3.05) is 20.7 Å². The van der Waals surface area contributed by atoms with Crippen molar-refractivity contribution in [3.8, 4) is 11.5 Å². The summed E-state index contributed by atoms with van der Waals surface area (Å²) < 4.78 is 35.1. The number of urea groups is 1. The first-order valence-electron chi connectivity index (χ1n) is 9.34. The van der Waals surface area contributed by atoms with Gasteiger partial charge in [0.2, 0.25) is 5.91 Å². The number of amides is 3. The normalized spacial score (nSPS) is 11.8. The highest BCUT2D eigenvalue weighted by molar-refractivity contribution is 5.97. The number of hydrogen-bond acceptors (Lipinski definition) is 5. The van der Waals surface area contributed by atoms with Crippen LogP contribution in [0.3, 0.4) is 0 Å². The third kappa shape index (κ3) is 6.41. The molecule has 0 aliphatic heterocycles. The Hall–Kier alpha value is -3.20. The van der Waals surface area contributed by atoms with Crippen LogP contribution in [-0.2, 0) is 11.3 Å². The first-order valence-corrected chi connectivity index (χ1v) is 9.34. The minimum atomic E-state index is -2.96. The second-order valence-electron chi connectivity index (χ2n) is 6.39. The van der Waals surface area contributed by atoms with Crippen LogP contribution in [0, 0.1) is 0 Å². The fourth-order valence-electron chi connectivity index (χ4n) is 2.98. The van der Waals surface area contributed by atoms with Crippen LogP contribution in [0.25, 0.3) is 0 Å². The van der Waals surface area contributed by atoms with E-state index in [1.807, 2.05) is 6.07 Å². The van der Waals surface area contributed by atoms with Crippen molar-refractivity contribution in [1.29, 1.82) is 0 Å². The lowest BCUT2D eigenvalue weighted by atomic mass is 10.0. The van der Waals surface area contributed by atoms with Crippen LogP contribution in [0.2, 0.25) is 0 Å². The first-order chi connectivity index (χ1) is 14.3. The molecule has 0 bridgehead atoms. The third-order valence-electron chi connectivity index (χ3n) is 4.22. The fourth-order valence-corrected chi connectivity index (χ4v) is 2.98. The lowest BCUT2D eigenvalue weighted by molar-refractivity contribution is -0.125. The van der Waals surface area contributed by atoms with Crippen molar-refractivity contribution in [3.63, 3.8) is 0 Å². The van der Waals surface area contributed by atoms with Gasteiger partial charge >= 0.3 is 12.6 Å². The molecule has 0 saturated carbocycles. The van der Waals surface area contributed by atoms with Crippen LogP contribution < -0.4 is 20.1 Å². The van der Waals surface area contributed by atoms with Crippen molar-refractivity contribution in [2.45, 2.75) is 26.1 Å². The summed E-state index contributed by atoms with van der Waals surface area (Å²) in [6.45, 7) is -0.663. The average Bonchev–Trinajstić information content (AvgIpc) is 2.70. The van der Waals surface area contributed by atoms with Gasteiger partial charge in [-0.25, -0.2) is 4.79 Å². The molecule has 7 nitrogen and oxygen atoms in total. The van der Waals surface area contributed by atoms with E-state index < -0.39 is 24.6 Å². The molecular weight excluding hydrogens is 396 g/mol. The quantitative estimate of drug-likeness (QED) is 0.649. The SMILES string of the molecule is CCOc1cc(CN(C)C(C(=O)NC(=O)NC)c2ccccc2)ccc1OC(F)F. The molecule has 0 saturated heterocycles. The van der Waals surface area contributed by atoms with Gasteiger partial charge in [0.25, 0.3) is 0 Å². The van der Waals surface area contributed by atoms with Gasteiger partial charge in [0.15, 0.2) is 11.5 Å². The summed E-state index contributed by atoms with van der Waals surface area (Å²) in [6, 6.07) is 12.3. The van der Waals surface area contributed by atoms with Gasteiger partial charge in [-0.2, -0.15) is 8.78 Å². The molecule has 0 aliphatic rings. The Balaban J connectivity index is 2.28. The zero-order valence-electron chi connectivity index (χ0n) is 17.0. The average molecular weight is 421 g/mol. The number of nitrogens with zero attached hydrogens (tertiary/aromatic N) is 1. The van der Waals surface area contributed by atoms with E-state index in [9.17, 15) is 18.4 Å². The van der Waals surface area contributed by atoms with Gasteiger partial charge in [-0.1, -0.05) is 36.4 Å². The predicted octanol–water partition coefficient (Wildman–Crippen LogP) is 3.32. The molecule has 162 valence electrons. The topological polar surface area (TPSA) is 79.9 Å². The van der Waals surface area contributed by atoms with Crippen molar-refractivity contribution in [3.05, 3.63) is 59.7 Å². The second kappa shape index (κ2) is 11.1. The minimum absolute atomic E-state index is 0.0600. The van der Waals surface area contributed by atoms with Gasteiger partial charge < -0.3 is 14.8 Å². The Kier molecular flexibility index (Phi) is 8.54. The molecule has 0 fully saturated rings. The molecule has 9 heteroatoms. The van der Waals surface area contributed by atoms with Gasteiger partial charge in [-0.3, -0.25) is 15.0 Å². The maximum Gasteiger partial charge on any atom is 0.387 e. The summed E-state index contributed by atoms with van der Waals surface area (Å²) in [6.07, 6.45) is 0. The van der Waals surface area contributed by atoms with Gasteiger partial charge in [0.05, 0.1) is 6.61 Å². The Morgan fingerprint density at radius 2 is 1.80 bits per heavy atom. The minimum Gasteiger partial charge on any atom is -0.490 e. The molecule has 0 radical (unpaired) electrons. The molecule has 2 aromatic carbocycles. The fraction of sp³-hybridized carbons (Fsp3) is 0.333. The zero-order chi connectivity index (χ0) is 22.1. The largest absolute Gasteiger partial charge is 0.490 e. The van der Waals surface area contributed by atoms with Crippen LogP contribution in [-0.4, -0.2) is 44.2 Å². The Labute approximate surface area is 174 Å². The molecule has 2 N–H and O–H groups in total. The molecule has 0 aromatic heterocycles. The number of carbonyl (C=O) groups is 2. The van der Waals surface area contributed by atoms with Crippen LogP contribution in [0.1, 0.15) is 24.1 Å². The molecule has 0 spiro atoms. The second-order valence-corrected chi connectivity index (χ2v) is 6.39. The van der Waals surface area contributed by atoms with Crippen molar-refractivity contribution in [1.82, 2.24) is 15.5 Å². The molecule has 0 heterocycles. The highest BCUT2D eigenvalue weighted by atomic mass is 19.3. The number of halogens is 2. The molecule has 1 unspecified atom stereocenters. The smallest absolute Gasteiger partial charge is 0.387 e. The summed E-state index contributed by atoms with van der Waals surface area (Å²) in [4.78, 5) is 26.1. The lowest BCUT2D eigenvalue weighted by Crippen LogP contribution is -2.44. The van der Waals surface area contributed by atoms with Crippen molar-refractivity contribution in [2.24, 2.45) is 0 Å². The van der Waals surface area contributed by atoms with Gasteiger partial charge in [-0.15, -0.1) is 0 Å². The summed E-state index contributed by atoms with van der Waals surface area (Å²) in [5.74, 6) is -0.365. The van der Waals surface area contributed by atoms with E-state index in [0.717, 1.165) is 5.56 Å². The van der Waals surface area contributed by atoms with Crippen molar-refractivity contribution >= 4 is 11.9 Å². The number of nitrogens with one attached hydrogen (secondary N) is 2. The monoisotopic (exact) mass is 421 g/mol. The summed E-state index contributed by atoms with van der Waals surface area (Å²) in [5, 5.41) is 4.65. The van der Waals surface area contributed by atoms with E-state index in [2.05, 4.69) is 15.4 Å².